The number of carbonyl (C=O) groups excluding carboxylic acids is 1. The van der Waals surface area contributed by atoms with Crippen molar-refractivity contribution in [2.75, 3.05) is 12.4 Å². The molecule has 2 atom stereocenters. The molecule has 1 amide bonds. The Morgan fingerprint density at radius 3 is 2.69 bits per heavy atom. The van der Waals surface area contributed by atoms with Gasteiger partial charge >= 0.3 is 0 Å². The van der Waals surface area contributed by atoms with Gasteiger partial charge in [-0.05, 0) is 43.7 Å². The molecule has 0 bridgehead atoms. The average molecular weight is 378 g/mol. The number of rotatable bonds is 2. The molecule has 1 aromatic carbocycles. The van der Waals surface area contributed by atoms with Crippen LogP contribution < -0.4 is 5.32 Å². The maximum absolute atomic E-state index is 13.0. The highest BCUT2D eigenvalue weighted by Crippen LogP contribution is 2.39. The van der Waals surface area contributed by atoms with E-state index < -0.39 is 9.84 Å². The minimum atomic E-state index is -3.26. The third kappa shape index (κ3) is 3.41. The van der Waals surface area contributed by atoms with Gasteiger partial charge in [-0.3, -0.25) is 4.79 Å². The second-order valence-electron chi connectivity index (χ2n) is 7.99. The van der Waals surface area contributed by atoms with Gasteiger partial charge in [-0.15, -0.1) is 0 Å². The summed E-state index contributed by atoms with van der Waals surface area (Å²) in [6.07, 6.45) is 7.93. The minimum absolute atomic E-state index is 0.0368. The number of sulfone groups is 1. The zero-order chi connectivity index (χ0) is 18.2. The lowest BCUT2D eigenvalue weighted by molar-refractivity contribution is -0.129. The van der Waals surface area contributed by atoms with Gasteiger partial charge in [0.2, 0.25) is 5.91 Å². The van der Waals surface area contributed by atoms with Gasteiger partial charge < -0.3 is 10.1 Å². The normalized spacial score (nSPS) is 29.7. The van der Waals surface area contributed by atoms with E-state index in [1.165, 1.54) is 19.3 Å². The van der Waals surface area contributed by atoms with Crippen molar-refractivity contribution in [3.05, 3.63) is 29.8 Å². The molecule has 1 saturated heterocycles. The Labute approximate surface area is 155 Å². The van der Waals surface area contributed by atoms with Crippen molar-refractivity contribution in [2.24, 2.45) is 0 Å². The van der Waals surface area contributed by atoms with Crippen LogP contribution in [0.15, 0.2) is 29.2 Å². The Balaban J connectivity index is 1.48. The van der Waals surface area contributed by atoms with E-state index in [0.29, 0.717) is 23.5 Å². The Morgan fingerprint density at radius 2 is 1.88 bits per heavy atom. The molecular weight excluding hydrogens is 350 g/mol. The summed E-state index contributed by atoms with van der Waals surface area (Å²) in [6, 6.07) is 7.06. The van der Waals surface area contributed by atoms with Crippen LogP contribution in [0, 0.1) is 0 Å². The molecule has 1 saturated carbocycles. The topological polar surface area (TPSA) is 72.5 Å². The molecule has 142 valence electrons. The van der Waals surface area contributed by atoms with Crippen LogP contribution >= 0.6 is 0 Å². The highest BCUT2D eigenvalue weighted by molar-refractivity contribution is 7.91. The lowest BCUT2D eigenvalue weighted by atomic mass is 9.78. The lowest BCUT2D eigenvalue weighted by Crippen LogP contribution is -2.50. The molecule has 6 heteroatoms. The van der Waals surface area contributed by atoms with Crippen LogP contribution in [0.5, 0.6) is 0 Å². The van der Waals surface area contributed by atoms with E-state index in [4.69, 9.17) is 4.74 Å². The van der Waals surface area contributed by atoms with Gasteiger partial charge in [0.1, 0.15) is 0 Å². The van der Waals surface area contributed by atoms with Crippen molar-refractivity contribution >= 4 is 15.7 Å². The van der Waals surface area contributed by atoms with E-state index in [1.807, 2.05) is 6.07 Å². The smallest absolute Gasteiger partial charge is 0.227 e. The van der Waals surface area contributed by atoms with Crippen LogP contribution in [0.1, 0.15) is 62.8 Å². The average Bonchev–Trinajstić information content (AvgIpc) is 2.62. The molecule has 1 aromatic rings. The SMILES string of the molecule is O=C(NC1CCOC2(CCCCC2)C1)C1CCS(=O)(=O)c2ccccc21. The molecule has 1 aliphatic carbocycles. The maximum Gasteiger partial charge on any atom is 0.227 e. The number of hydrogen-bond acceptors (Lipinski definition) is 4. The number of carbonyl (C=O) groups is 1. The first-order chi connectivity index (χ1) is 12.5. The summed E-state index contributed by atoms with van der Waals surface area (Å²) in [5.74, 6) is -0.370. The molecule has 26 heavy (non-hydrogen) atoms. The van der Waals surface area contributed by atoms with Crippen LogP contribution in [0.3, 0.4) is 0 Å². The van der Waals surface area contributed by atoms with Gasteiger partial charge in [-0.2, -0.15) is 0 Å². The molecule has 0 radical (unpaired) electrons. The summed E-state index contributed by atoms with van der Waals surface area (Å²) in [5.41, 5.74) is 0.595. The van der Waals surface area contributed by atoms with Gasteiger partial charge in [0.05, 0.1) is 22.2 Å². The first kappa shape index (κ1) is 18.0. The first-order valence-electron chi connectivity index (χ1n) is 9.75. The van der Waals surface area contributed by atoms with Crippen LogP contribution in [-0.4, -0.2) is 38.3 Å². The zero-order valence-electron chi connectivity index (χ0n) is 15.1. The summed E-state index contributed by atoms with van der Waals surface area (Å²) in [4.78, 5) is 13.3. The van der Waals surface area contributed by atoms with E-state index in [9.17, 15) is 13.2 Å². The van der Waals surface area contributed by atoms with Crippen molar-refractivity contribution in [3.8, 4) is 0 Å². The Bertz CT molecular complexity index is 777. The van der Waals surface area contributed by atoms with E-state index in [1.54, 1.807) is 18.2 Å². The molecule has 2 unspecified atom stereocenters. The van der Waals surface area contributed by atoms with Crippen molar-refractivity contribution in [2.45, 2.75) is 73.8 Å². The van der Waals surface area contributed by atoms with Crippen molar-refractivity contribution in [3.63, 3.8) is 0 Å². The number of nitrogens with one attached hydrogen (secondary N) is 1. The van der Waals surface area contributed by atoms with E-state index in [2.05, 4.69) is 5.32 Å². The molecule has 3 aliphatic rings. The summed E-state index contributed by atoms with van der Waals surface area (Å²) in [5, 5.41) is 3.21. The number of benzene rings is 1. The van der Waals surface area contributed by atoms with Crippen molar-refractivity contribution in [1.29, 1.82) is 0 Å². The van der Waals surface area contributed by atoms with Crippen molar-refractivity contribution in [1.82, 2.24) is 5.32 Å². The van der Waals surface area contributed by atoms with Gasteiger partial charge in [0.15, 0.2) is 9.84 Å². The fourth-order valence-electron chi connectivity index (χ4n) is 4.86. The van der Waals surface area contributed by atoms with Gasteiger partial charge in [0, 0.05) is 12.6 Å². The highest BCUT2D eigenvalue weighted by atomic mass is 32.2. The number of ether oxygens (including phenoxy) is 1. The van der Waals surface area contributed by atoms with E-state index in [-0.39, 0.29) is 29.2 Å². The first-order valence-corrected chi connectivity index (χ1v) is 11.4. The quantitative estimate of drug-likeness (QED) is 0.860. The fourth-order valence-corrected chi connectivity index (χ4v) is 6.48. The fraction of sp³-hybridized carbons (Fsp3) is 0.650. The molecule has 5 nitrogen and oxygen atoms in total. The summed E-state index contributed by atoms with van der Waals surface area (Å²) in [7, 11) is -3.26. The predicted octanol–water partition coefficient (Wildman–Crippen LogP) is 2.95. The number of hydrogen-bond donors (Lipinski definition) is 1. The summed E-state index contributed by atoms with van der Waals surface area (Å²) in [6.45, 7) is 0.695. The molecule has 2 aliphatic heterocycles. The minimum Gasteiger partial charge on any atom is -0.375 e. The zero-order valence-corrected chi connectivity index (χ0v) is 15.9. The second-order valence-corrected chi connectivity index (χ2v) is 10.1. The Hall–Kier alpha value is -1.40. The van der Waals surface area contributed by atoms with Crippen LogP contribution in [0.4, 0.5) is 0 Å². The second kappa shape index (κ2) is 6.97. The number of amides is 1. The highest BCUT2D eigenvalue weighted by Gasteiger charge is 2.40. The molecule has 0 aromatic heterocycles. The molecule has 2 fully saturated rings. The lowest BCUT2D eigenvalue weighted by Gasteiger charge is -2.44. The summed E-state index contributed by atoms with van der Waals surface area (Å²) >= 11 is 0. The standard InChI is InChI=1S/C20H27NO4S/c22-19(17-9-13-26(23,24)18-7-3-2-6-16(17)18)21-15-8-12-25-20(14-15)10-4-1-5-11-20/h2-3,6-7,15,17H,1,4-5,8-14H2,(H,21,22). The Morgan fingerprint density at radius 1 is 1.12 bits per heavy atom. The van der Waals surface area contributed by atoms with Gasteiger partial charge in [0.25, 0.3) is 0 Å². The molecule has 4 rings (SSSR count). The third-order valence-electron chi connectivity index (χ3n) is 6.23. The third-order valence-corrected chi connectivity index (χ3v) is 8.04. The number of fused-ring (bicyclic) bond motifs is 1. The Kier molecular flexibility index (Phi) is 4.82. The maximum atomic E-state index is 13.0. The monoisotopic (exact) mass is 377 g/mol. The largest absolute Gasteiger partial charge is 0.375 e. The molecular formula is C20H27NO4S. The van der Waals surface area contributed by atoms with Crippen molar-refractivity contribution < 1.29 is 17.9 Å². The summed E-state index contributed by atoms with van der Waals surface area (Å²) < 4.78 is 30.7. The van der Waals surface area contributed by atoms with Crippen LogP contribution in [0.2, 0.25) is 0 Å². The van der Waals surface area contributed by atoms with Gasteiger partial charge in [-0.25, -0.2) is 8.42 Å². The van der Waals surface area contributed by atoms with E-state index >= 15 is 0 Å². The molecule has 1 N–H and O–H groups in total. The van der Waals surface area contributed by atoms with E-state index in [0.717, 1.165) is 25.7 Å². The predicted molar refractivity (Wildman–Crippen MR) is 98.8 cm³/mol. The van der Waals surface area contributed by atoms with Gasteiger partial charge in [-0.1, -0.05) is 37.5 Å². The van der Waals surface area contributed by atoms with Crippen LogP contribution in [0.25, 0.3) is 0 Å². The van der Waals surface area contributed by atoms with Crippen LogP contribution in [-0.2, 0) is 19.4 Å². The molecule has 2 heterocycles. The molecule has 1 spiro atoms.